The summed E-state index contributed by atoms with van der Waals surface area (Å²) < 4.78 is 0. The van der Waals surface area contributed by atoms with E-state index in [0.29, 0.717) is 0 Å². The van der Waals surface area contributed by atoms with Gasteiger partial charge in [-0.25, -0.2) is 4.79 Å². The molecule has 0 spiro atoms. The maximum Gasteiger partial charge on any atom is 0.323 e. The van der Waals surface area contributed by atoms with Gasteiger partial charge in [-0.05, 0) is 26.0 Å². The molecule has 0 aromatic heterocycles. The van der Waals surface area contributed by atoms with Gasteiger partial charge in [-0.2, -0.15) is 0 Å². The number of guanidine groups is 1. The van der Waals surface area contributed by atoms with Crippen LogP contribution in [0.15, 0.2) is 22.1 Å². The van der Waals surface area contributed by atoms with Crippen molar-refractivity contribution in [3.63, 3.8) is 0 Å². The maximum atomic E-state index is 11.4. The number of urea groups is 1. The Bertz CT molecular complexity index is 358. The van der Waals surface area contributed by atoms with Crippen LogP contribution in [0.5, 0.6) is 0 Å². The summed E-state index contributed by atoms with van der Waals surface area (Å²) in [7, 11) is 1.50. The molecule has 1 rings (SSSR count). The van der Waals surface area contributed by atoms with Gasteiger partial charge >= 0.3 is 6.03 Å². The van der Waals surface area contributed by atoms with E-state index in [4.69, 9.17) is 5.73 Å². The molecule has 0 saturated heterocycles. The summed E-state index contributed by atoms with van der Waals surface area (Å²) in [5.74, 6) is 0.0683. The molecule has 82 valence electrons. The van der Waals surface area contributed by atoms with Crippen LogP contribution in [0.3, 0.4) is 0 Å². The summed E-state index contributed by atoms with van der Waals surface area (Å²) in [6.07, 6.45) is 3.65. The fourth-order valence-electron chi connectivity index (χ4n) is 1.23. The molecule has 1 unspecified atom stereocenters. The Morgan fingerprint density at radius 2 is 2.33 bits per heavy atom. The summed E-state index contributed by atoms with van der Waals surface area (Å²) in [4.78, 5) is 19.2. The second-order valence-electron chi connectivity index (χ2n) is 3.42. The summed E-state index contributed by atoms with van der Waals surface area (Å²) in [6.45, 7) is 3.65. The highest BCUT2D eigenvalue weighted by Crippen LogP contribution is 2.14. The number of aliphatic imine (C=N–C) groups is 2. The third kappa shape index (κ3) is 3.08. The van der Waals surface area contributed by atoms with E-state index in [1.54, 1.807) is 13.0 Å². The summed E-state index contributed by atoms with van der Waals surface area (Å²) >= 11 is 0. The molecule has 0 saturated carbocycles. The van der Waals surface area contributed by atoms with Crippen molar-refractivity contribution in [2.75, 3.05) is 7.05 Å². The van der Waals surface area contributed by atoms with E-state index in [-0.39, 0.29) is 5.96 Å². The number of nitrogens with two attached hydrogens (primary N) is 1. The van der Waals surface area contributed by atoms with Crippen LogP contribution in [0.1, 0.15) is 13.8 Å². The van der Waals surface area contributed by atoms with E-state index in [2.05, 4.69) is 20.6 Å². The van der Waals surface area contributed by atoms with Crippen LogP contribution in [-0.2, 0) is 0 Å². The molecule has 0 bridgehead atoms. The van der Waals surface area contributed by atoms with Gasteiger partial charge in [0.1, 0.15) is 5.66 Å². The molecule has 1 aliphatic rings. The van der Waals surface area contributed by atoms with Gasteiger partial charge < -0.3 is 11.1 Å². The zero-order valence-electron chi connectivity index (χ0n) is 9.03. The molecule has 1 aliphatic heterocycles. The fraction of sp³-hybridized carbons (Fsp3) is 0.444. The smallest absolute Gasteiger partial charge is 0.323 e. The predicted molar refractivity (Wildman–Crippen MR) is 59.9 cm³/mol. The first kappa shape index (κ1) is 11.2. The molecule has 0 aromatic rings. The molecule has 0 radical (unpaired) electrons. The molecular formula is C9H15N5O. The minimum atomic E-state index is -0.692. The number of nitrogens with one attached hydrogen (secondary N) is 2. The zero-order chi connectivity index (χ0) is 11.5. The number of nitrogens with zero attached hydrogens (tertiary/aromatic N) is 2. The predicted octanol–water partition coefficient (Wildman–Crippen LogP) is -0.0230. The number of allylic oxidation sites excluding steroid dienone is 1. The Balaban J connectivity index is 2.57. The minimum Gasteiger partial charge on any atom is -0.370 e. The van der Waals surface area contributed by atoms with E-state index in [1.165, 1.54) is 7.05 Å². The van der Waals surface area contributed by atoms with Gasteiger partial charge in [-0.1, -0.05) is 0 Å². The van der Waals surface area contributed by atoms with E-state index >= 15 is 0 Å². The van der Waals surface area contributed by atoms with E-state index < -0.39 is 11.7 Å². The van der Waals surface area contributed by atoms with Crippen LogP contribution < -0.4 is 16.4 Å². The molecule has 1 atom stereocenters. The molecular weight excluding hydrogens is 194 g/mol. The van der Waals surface area contributed by atoms with Gasteiger partial charge in [0.05, 0.1) is 0 Å². The highest BCUT2D eigenvalue weighted by molar-refractivity contribution is 5.98. The normalized spacial score (nSPS) is 25.0. The van der Waals surface area contributed by atoms with Gasteiger partial charge in [0, 0.05) is 12.8 Å². The SMILES string of the molecule is CN=C(N)NC(=O)NC1(C)C=CC(C)=N1. The lowest BCUT2D eigenvalue weighted by atomic mass is 10.2. The van der Waals surface area contributed by atoms with Crippen molar-refractivity contribution in [3.05, 3.63) is 12.2 Å². The molecule has 0 fully saturated rings. The number of amides is 2. The Morgan fingerprint density at radius 3 is 2.80 bits per heavy atom. The second-order valence-corrected chi connectivity index (χ2v) is 3.42. The standard InChI is InChI=1S/C9H15N5O/c1-6-4-5-9(2,13-6)14-8(15)12-7(10)11-3/h4-5H,1-3H3,(H4,10,11,12,14,15). The molecule has 4 N–H and O–H groups in total. The van der Waals surface area contributed by atoms with Crippen LogP contribution in [-0.4, -0.2) is 30.4 Å². The molecule has 1 heterocycles. The minimum absolute atomic E-state index is 0.0683. The van der Waals surface area contributed by atoms with E-state index in [9.17, 15) is 4.79 Å². The Kier molecular flexibility index (Phi) is 3.08. The van der Waals surface area contributed by atoms with Crippen molar-refractivity contribution in [1.82, 2.24) is 10.6 Å². The summed E-state index contributed by atoms with van der Waals surface area (Å²) in [5.41, 5.74) is 5.52. The first-order chi connectivity index (χ1) is 6.95. The van der Waals surface area contributed by atoms with Gasteiger partial charge in [0.2, 0.25) is 0 Å². The summed E-state index contributed by atoms with van der Waals surface area (Å²) in [5, 5.41) is 5.04. The van der Waals surface area contributed by atoms with Gasteiger partial charge in [0.25, 0.3) is 0 Å². The lowest BCUT2D eigenvalue weighted by Gasteiger charge is -2.20. The van der Waals surface area contributed by atoms with Crippen molar-refractivity contribution in [1.29, 1.82) is 0 Å². The monoisotopic (exact) mass is 209 g/mol. The van der Waals surface area contributed by atoms with Crippen molar-refractivity contribution >= 4 is 17.7 Å². The van der Waals surface area contributed by atoms with Crippen molar-refractivity contribution < 1.29 is 4.79 Å². The average Bonchev–Trinajstić information content (AvgIpc) is 2.45. The quantitative estimate of drug-likeness (QED) is 0.418. The first-order valence-corrected chi connectivity index (χ1v) is 4.52. The van der Waals surface area contributed by atoms with E-state index in [1.807, 2.05) is 13.0 Å². The van der Waals surface area contributed by atoms with Gasteiger partial charge in [-0.3, -0.25) is 15.3 Å². The molecule has 6 nitrogen and oxygen atoms in total. The van der Waals surface area contributed by atoms with Crippen LogP contribution in [0.4, 0.5) is 4.79 Å². The zero-order valence-corrected chi connectivity index (χ0v) is 9.03. The maximum absolute atomic E-state index is 11.4. The highest BCUT2D eigenvalue weighted by Gasteiger charge is 2.25. The second kappa shape index (κ2) is 4.12. The number of carbonyl (C=O) groups is 1. The number of carbonyl (C=O) groups excluding carboxylic acids is 1. The lowest BCUT2D eigenvalue weighted by Crippen LogP contribution is -2.50. The van der Waals surface area contributed by atoms with Crippen LogP contribution in [0, 0.1) is 0 Å². The third-order valence-corrected chi connectivity index (χ3v) is 1.91. The molecule has 0 aromatic carbocycles. The van der Waals surface area contributed by atoms with Crippen molar-refractivity contribution in [3.8, 4) is 0 Å². The highest BCUT2D eigenvalue weighted by atomic mass is 16.2. The van der Waals surface area contributed by atoms with Crippen molar-refractivity contribution in [2.24, 2.45) is 15.7 Å². The Hall–Kier alpha value is -1.85. The Labute approximate surface area is 88.4 Å². The van der Waals surface area contributed by atoms with Gasteiger partial charge in [0.15, 0.2) is 5.96 Å². The largest absolute Gasteiger partial charge is 0.370 e. The average molecular weight is 209 g/mol. The molecule has 6 heteroatoms. The number of hydrogen-bond acceptors (Lipinski definition) is 3. The Morgan fingerprint density at radius 1 is 1.67 bits per heavy atom. The van der Waals surface area contributed by atoms with Gasteiger partial charge in [-0.15, -0.1) is 0 Å². The van der Waals surface area contributed by atoms with Crippen LogP contribution in [0.2, 0.25) is 0 Å². The number of rotatable bonds is 1. The summed E-state index contributed by atoms with van der Waals surface area (Å²) in [6, 6.07) is -0.427. The molecule has 2 amide bonds. The lowest BCUT2D eigenvalue weighted by molar-refractivity contribution is 0.238. The number of hydrogen-bond donors (Lipinski definition) is 3. The van der Waals surface area contributed by atoms with Crippen molar-refractivity contribution in [2.45, 2.75) is 19.5 Å². The molecule has 15 heavy (non-hydrogen) atoms. The topological polar surface area (TPSA) is 91.9 Å². The van der Waals surface area contributed by atoms with Crippen LogP contribution in [0.25, 0.3) is 0 Å². The molecule has 0 aliphatic carbocycles. The fourth-order valence-corrected chi connectivity index (χ4v) is 1.23. The van der Waals surface area contributed by atoms with E-state index in [0.717, 1.165) is 5.71 Å². The third-order valence-electron chi connectivity index (χ3n) is 1.91. The van der Waals surface area contributed by atoms with Crippen LogP contribution >= 0.6 is 0 Å². The first-order valence-electron chi connectivity index (χ1n) is 4.52.